The third-order valence-electron chi connectivity index (χ3n) is 2.15. The lowest BCUT2D eigenvalue weighted by atomic mass is 10.3. The van der Waals surface area contributed by atoms with Gasteiger partial charge < -0.3 is 20.5 Å². The molecule has 0 aliphatic carbocycles. The monoisotopic (exact) mass is 266 g/mol. The number of carbonyl (C=O) groups excluding carboxylic acids is 1. The summed E-state index contributed by atoms with van der Waals surface area (Å²) < 4.78 is 5.02. The van der Waals surface area contributed by atoms with Crippen LogP contribution in [0.3, 0.4) is 0 Å². The van der Waals surface area contributed by atoms with Gasteiger partial charge in [0, 0.05) is 17.8 Å². The zero-order chi connectivity index (χ0) is 14.3. The summed E-state index contributed by atoms with van der Waals surface area (Å²) in [6, 6.07) is 6.83. The van der Waals surface area contributed by atoms with Crippen molar-refractivity contribution in [3.63, 3.8) is 0 Å². The number of nitrogens with one attached hydrogen (secondary N) is 2. The van der Waals surface area contributed by atoms with Crippen LogP contribution in [-0.2, 0) is 9.59 Å². The van der Waals surface area contributed by atoms with E-state index in [0.717, 1.165) is 0 Å². The van der Waals surface area contributed by atoms with Crippen molar-refractivity contribution in [3.05, 3.63) is 24.3 Å². The highest BCUT2D eigenvalue weighted by Gasteiger charge is 2.05. The normalized spacial score (nSPS) is 10.3. The molecule has 1 amide bonds. The lowest BCUT2D eigenvalue weighted by molar-refractivity contribution is -0.139. The molecule has 3 N–H and O–H groups in total. The Balaban J connectivity index is 2.51. The number of carboxylic acids is 1. The molecule has 0 saturated heterocycles. The van der Waals surface area contributed by atoms with Gasteiger partial charge in [-0.1, -0.05) is 19.9 Å². The molecule has 0 saturated carbocycles. The van der Waals surface area contributed by atoms with Gasteiger partial charge in [-0.25, -0.2) is 4.79 Å². The van der Waals surface area contributed by atoms with E-state index < -0.39 is 12.6 Å². The molecule has 1 rings (SSSR count). The zero-order valence-corrected chi connectivity index (χ0v) is 11.0. The maximum atomic E-state index is 11.6. The number of hydrogen-bond acceptors (Lipinski definition) is 4. The van der Waals surface area contributed by atoms with Gasteiger partial charge in [-0.2, -0.15) is 0 Å². The molecule has 1 aromatic rings. The summed E-state index contributed by atoms with van der Waals surface area (Å²) in [7, 11) is 0. The van der Waals surface area contributed by atoms with Gasteiger partial charge in [0.15, 0.2) is 6.61 Å². The van der Waals surface area contributed by atoms with E-state index in [4.69, 9.17) is 9.84 Å². The first-order valence-electron chi connectivity index (χ1n) is 5.95. The fourth-order valence-electron chi connectivity index (χ4n) is 1.31. The molecule has 0 radical (unpaired) electrons. The Hall–Kier alpha value is -2.08. The molecule has 0 aromatic heterocycles. The fourth-order valence-corrected chi connectivity index (χ4v) is 1.31. The molecule has 0 bridgehead atoms. The lowest BCUT2D eigenvalue weighted by Crippen LogP contribution is -2.32. The van der Waals surface area contributed by atoms with Crippen LogP contribution >= 0.6 is 0 Å². The summed E-state index contributed by atoms with van der Waals surface area (Å²) >= 11 is 0. The van der Waals surface area contributed by atoms with Crippen LogP contribution in [0.4, 0.5) is 5.69 Å². The Labute approximate surface area is 111 Å². The Kier molecular flexibility index (Phi) is 5.81. The highest BCUT2D eigenvalue weighted by Crippen LogP contribution is 2.17. The molecule has 0 fully saturated rings. The fraction of sp³-hybridized carbons (Fsp3) is 0.385. The summed E-state index contributed by atoms with van der Waals surface area (Å²) in [5.41, 5.74) is 0.568. The van der Waals surface area contributed by atoms with Crippen LogP contribution in [0.1, 0.15) is 13.8 Å². The minimum Gasteiger partial charge on any atom is -0.482 e. The van der Waals surface area contributed by atoms with Gasteiger partial charge >= 0.3 is 5.97 Å². The number of rotatable bonds is 7. The van der Waals surface area contributed by atoms with Crippen molar-refractivity contribution in [1.82, 2.24) is 5.32 Å². The number of carboxylic acid groups (broad SMARTS) is 1. The van der Waals surface area contributed by atoms with E-state index in [1.165, 1.54) is 0 Å². The highest BCUT2D eigenvalue weighted by molar-refractivity contribution is 5.92. The molecule has 0 aliphatic heterocycles. The first-order chi connectivity index (χ1) is 8.97. The first-order valence-corrected chi connectivity index (χ1v) is 5.95. The van der Waals surface area contributed by atoms with Gasteiger partial charge in [-0.05, 0) is 12.1 Å². The van der Waals surface area contributed by atoms with Gasteiger partial charge in [0.2, 0.25) is 5.91 Å². The van der Waals surface area contributed by atoms with Gasteiger partial charge in [-0.3, -0.25) is 4.79 Å². The Morgan fingerprint density at radius 3 is 2.74 bits per heavy atom. The van der Waals surface area contributed by atoms with Crippen LogP contribution < -0.4 is 15.4 Å². The number of amides is 1. The van der Waals surface area contributed by atoms with Crippen LogP contribution in [0.2, 0.25) is 0 Å². The number of benzene rings is 1. The summed E-state index contributed by atoms with van der Waals surface area (Å²) in [5, 5.41) is 14.2. The van der Waals surface area contributed by atoms with Crippen molar-refractivity contribution in [2.45, 2.75) is 19.9 Å². The van der Waals surface area contributed by atoms with Crippen LogP contribution in [0, 0.1) is 0 Å². The molecule has 0 heterocycles. The standard InChI is InChI=1S/C13H18N2O4/c1-9(2)14-7-12(16)15-10-4-3-5-11(6-10)19-8-13(17)18/h3-6,9,14H,7-8H2,1-2H3,(H,15,16)(H,17,18). The Morgan fingerprint density at radius 1 is 1.37 bits per heavy atom. The largest absolute Gasteiger partial charge is 0.482 e. The minimum absolute atomic E-state index is 0.163. The molecular formula is C13H18N2O4. The molecule has 0 atom stereocenters. The van der Waals surface area contributed by atoms with E-state index in [9.17, 15) is 9.59 Å². The summed E-state index contributed by atoms with van der Waals surface area (Å²) in [6.45, 7) is 3.71. The van der Waals surface area contributed by atoms with E-state index in [1.54, 1.807) is 24.3 Å². The van der Waals surface area contributed by atoms with E-state index in [2.05, 4.69) is 10.6 Å². The molecule has 0 aliphatic rings. The molecule has 1 aromatic carbocycles. The molecule has 0 spiro atoms. The van der Waals surface area contributed by atoms with Crippen molar-refractivity contribution < 1.29 is 19.4 Å². The van der Waals surface area contributed by atoms with Crippen molar-refractivity contribution in [2.75, 3.05) is 18.5 Å². The van der Waals surface area contributed by atoms with Crippen molar-refractivity contribution in [2.24, 2.45) is 0 Å². The third-order valence-corrected chi connectivity index (χ3v) is 2.15. The minimum atomic E-state index is -1.05. The van der Waals surface area contributed by atoms with Crippen LogP contribution in [0.5, 0.6) is 5.75 Å². The van der Waals surface area contributed by atoms with Crippen molar-refractivity contribution in [1.29, 1.82) is 0 Å². The van der Waals surface area contributed by atoms with Crippen molar-refractivity contribution in [3.8, 4) is 5.75 Å². The Bertz CT molecular complexity index is 446. The predicted octanol–water partition coefficient (Wildman–Crippen LogP) is 1.09. The summed E-state index contributed by atoms with van der Waals surface area (Å²) in [5.74, 6) is -0.809. The first kappa shape index (κ1) is 15.0. The number of carbonyl (C=O) groups is 2. The molecule has 6 nitrogen and oxygen atoms in total. The molecule has 19 heavy (non-hydrogen) atoms. The van der Waals surface area contributed by atoms with Crippen molar-refractivity contribution >= 4 is 17.6 Å². The van der Waals surface area contributed by atoms with E-state index in [0.29, 0.717) is 11.4 Å². The topological polar surface area (TPSA) is 87.7 Å². The smallest absolute Gasteiger partial charge is 0.341 e. The van der Waals surface area contributed by atoms with E-state index >= 15 is 0 Å². The number of aliphatic carboxylic acids is 1. The van der Waals surface area contributed by atoms with Gasteiger partial charge in [-0.15, -0.1) is 0 Å². The molecule has 104 valence electrons. The zero-order valence-electron chi connectivity index (χ0n) is 11.0. The van der Waals surface area contributed by atoms with Gasteiger partial charge in [0.1, 0.15) is 5.75 Å². The van der Waals surface area contributed by atoms with E-state index in [1.807, 2.05) is 13.8 Å². The summed E-state index contributed by atoms with van der Waals surface area (Å²) in [4.78, 5) is 22.0. The van der Waals surface area contributed by atoms with Gasteiger partial charge in [0.25, 0.3) is 0 Å². The van der Waals surface area contributed by atoms with E-state index in [-0.39, 0.29) is 18.5 Å². The second kappa shape index (κ2) is 7.38. The highest BCUT2D eigenvalue weighted by atomic mass is 16.5. The number of ether oxygens (including phenoxy) is 1. The summed E-state index contributed by atoms with van der Waals surface area (Å²) in [6.07, 6.45) is 0. The SMILES string of the molecule is CC(C)NCC(=O)Nc1cccc(OCC(=O)O)c1. The predicted molar refractivity (Wildman–Crippen MR) is 71.3 cm³/mol. The average molecular weight is 266 g/mol. The van der Waals surface area contributed by atoms with Crippen LogP contribution in [-0.4, -0.2) is 36.2 Å². The average Bonchev–Trinajstić information content (AvgIpc) is 2.34. The lowest BCUT2D eigenvalue weighted by Gasteiger charge is -2.10. The quantitative estimate of drug-likeness (QED) is 0.687. The maximum absolute atomic E-state index is 11.6. The molecule has 6 heteroatoms. The molecule has 0 unspecified atom stereocenters. The van der Waals surface area contributed by atoms with Crippen LogP contribution in [0.25, 0.3) is 0 Å². The number of anilines is 1. The second-order valence-corrected chi connectivity index (χ2v) is 4.29. The maximum Gasteiger partial charge on any atom is 0.341 e. The number of hydrogen-bond donors (Lipinski definition) is 3. The third kappa shape index (κ3) is 6.42. The Morgan fingerprint density at radius 2 is 2.11 bits per heavy atom. The second-order valence-electron chi connectivity index (χ2n) is 4.29. The molecular weight excluding hydrogens is 248 g/mol. The van der Waals surface area contributed by atoms with Gasteiger partial charge in [0.05, 0.1) is 6.54 Å². The van der Waals surface area contributed by atoms with Crippen LogP contribution in [0.15, 0.2) is 24.3 Å².